The minimum absolute atomic E-state index is 0.188. The molecule has 0 spiro atoms. The number of amides is 1. The van der Waals surface area contributed by atoms with Crippen molar-refractivity contribution in [3.05, 3.63) is 42.1 Å². The second-order valence-electron chi connectivity index (χ2n) is 7.68. The Labute approximate surface area is 193 Å². The van der Waals surface area contributed by atoms with Gasteiger partial charge in [-0.2, -0.15) is 0 Å². The van der Waals surface area contributed by atoms with Crippen molar-refractivity contribution in [3.8, 4) is 10.4 Å². The molecule has 0 unspecified atom stereocenters. The molecule has 174 valence electrons. The van der Waals surface area contributed by atoms with Crippen LogP contribution in [0.25, 0.3) is 10.4 Å². The van der Waals surface area contributed by atoms with Crippen LogP contribution < -0.4 is 21.3 Å². The van der Waals surface area contributed by atoms with Crippen LogP contribution >= 0.6 is 11.3 Å². The van der Waals surface area contributed by atoms with E-state index < -0.39 is 5.92 Å². The molecule has 0 bridgehead atoms. The van der Waals surface area contributed by atoms with Gasteiger partial charge in [0.2, 0.25) is 0 Å². The van der Waals surface area contributed by atoms with E-state index >= 15 is 0 Å². The first kappa shape index (κ1) is 22.9. The zero-order valence-corrected chi connectivity index (χ0v) is 18.8. The van der Waals surface area contributed by atoms with E-state index in [1.807, 2.05) is 11.8 Å². The first-order valence-corrected chi connectivity index (χ1v) is 11.3. The molecular formula is C21H24F2N8OS. The summed E-state index contributed by atoms with van der Waals surface area (Å²) in [7, 11) is 0. The fourth-order valence-electron chi connectivity index (χ4n) is 3.48. The zero-order valence-electron chi connectivity index (χ0n) is 18.0. The van der Waals surface area contributed by atoms with E-state index in [4.69, 9.17) is 5.73 Å². The topological polar surface area (TPSA) is 122 Å². The van der Waals surface area contributed by atoms with Gasteiger partial charge in [0.1, 0.15) is 18.0 Å². The van der Waals surface area contributed by atoms with Gasteiger partial charge < -0.3 is 21.3 Å². The molecular weight excluding hydrogens is 450 g/mol. The van der Waals surface area contributed by atoms with Crippen molar-refractivity contribution in [2.24, 2.45) is 5.73 Å². The fourth-order valence-corrected chi connectivity index (χ4v) is 4.28. The van der Waals surface area contributed by atoms with E-state index in [-0.39, 0.29) is 31.8 Å². The van der Waals surface area contributed by atoms with Crippen molar-refractivity contribution in [1.82, 2.24) is 25.3 Å². The lowest BCUT2D eigenvalue weighted by Gasteiger charge is -2.33. The van der Waals surface area contributed by atoms with E-state index in [0.29, 0.717) is 35.4 Å². The molecule has 33 heavy (non-hydrogen) atoms. The summed E-state index contributed by atoms with van der Waals surface area (Å²) in [6.07, 6.45) is 5.89. The summed E-state index contributed by atoms with van der Waals surface area (Å²) in [5.74, 6) is -1.66. The van der Waals surface area contributed by atoms with Gasteiger partial charge in [0, 0.05) is 68.7 Å². The molecule has 1 fully saturated rings. The third-order valence-corrected chi connectivity index (χ3v) is 6.26. The van der Waals surface area contributed by atoms with Crippen LogP contribution in [-0.4, -0.2) is 57.9 Å². The second-order valence-corrected chi connectivity index (χ2v) is 8.71. The van der Waals surface area contributed by atoms with Gasteiger partial charge in [-0.05, 0) is 13.0 Å². The molecule has 9 nitrogen and oxygen atoms in total. The number of nitrogens with two attached hydrogens (primary N) is 1. The van der Waals surface area contributed by atoms with E-state index in [2.05, 4.69) is 30.6 Å². The zero-order chi connectivity index (χ0) is 23.4. The lowest BCUT2D eigenvalue weighted by Crippen LogP contribution is -2.40. The largest absolute Gasteiger partial charge is 0.356 e. The normalized spacial score (nSPS) is 15.3. The average molecular weight is 475 g/mol. The van der Waals surface area contributed by atoms with Crippen LogP contribution in [0.3, 0.4) is 0 Å². The summed E-state index contributed by atoms with van der Waals surface area (Å²) in [5, 5.41) is 6.51. The number of hydrogen-bond donors (Lipinski definition) is 3. The minimum atomic E-state index is -2.62. The van der Waals surface area contributed by atoms with Crippen molar-refractivity contribution < 1.29 is 13.6 Å². The Hall–Kier alpha value is -3.25. The predicted molar refractivity (Wildman–Crippen MR) is 123 cm³/mol. The first-order chi connectivity index (χ1) is 15.9. The number of alkyl halides is 2. The van der Waals surface area contributed by atoms with E-state index in [0.717, 1.165) is 16.0 Å². The van der Waals surface area contributed by atoms with Crippen LogP contribution in [0, 0.1) is 6.92 Å². The molecule has 0 aromatic carbocycles. The third kappa shape index (κ3) is 5.40. The summed E-state index contributed by atoms with van der Waals surface area (Å²) < 4.78 is 27.0. The molecule has 0 aliphatic carbocycles. The van der Waals surface area contributed by atoms with Gasteiger partial charge in [0.05, 0.1) is 10.4 Å². The Bertz CT molecular complexity index is 1130. The van der Waals surface area contributed by atoms with Crippen molar-refractivity contribution in [1.29, 1.82) is 0 Å². The van der Waals surface area contributed by atoms with Crippen molar-refractivity contribution >= 4 is 34.0 Å². The molecule has 0 atom stereocenters. The summed E-state index contributed by atoms with van der Waals surface area (Å²) >= 11 is 1.38. The summed E-state index contributed by atoms with van der Waals surface area (Å²) in [5.41, 5.74) is 7.39. The van der Waals surface area contributed by atoms with Crippen LogP contribution in [0.15, 0.2) is 31.0 Å². The highest BCUT2D eigenvalue weighted by Gasteiger charge is 2.35. The Morgan fingerprint density at radius 2 is 2.00 bits per heavy atom. The molecule has 4 N–H and O–H groups in total. The molecule has 12 heteroatoms. The number of carbonyl (C=O) groups is 1. The van der Waals surface area contributed by atoms with Crippen molar-refractivity contribution in [2.75, 3.05) is 36.4 Å². The van der Waals surface area contributed by atoms with Crippen molar-refractivity contribution in [2.45, 2.75) is 25.7 Å². The Morgan fingerprint density at radius 1 is 1.21 bits per heavy atom. The van der Waals surface area contributed by atoms with Crippen LogP contribution in [0.4, 0.5) is 25.5 Å². The first-order valence-electron chi connectivity index (χ1n) is 10.5. The number of hydrogen-bond acceptors (Lipinski definition) is 9. The standard InChI is InChI=1S/C21H24F2N8OS/c1-13-17(28-12-29-18(13)31-6-2-21(22,23)3-7-31)30-20-27-11-16(33-20)14-8-15(10-25-9-14)19(32)26-5-4-24/h8-12H,2-7,24H2,1H3,(H,26,32)(H,27,28,29,30). The highest BCUT2D eigenvalue weighted by Crippen LogP contribution is 2.34. The van der Waals surface area contributed by atoms with E-state index in [1.165, 1.54) is 23.9 Å². The molecule has 1 aliphatic heterocycles. The van der Waals surface area contributed by atoms with Crippen LogP contribution in [0.2, 0.25) is 0 Å². The van der Waals surface area contributed by atoms with E-state index in [9.17, 15) is 13.6 Å². The molecule has 4 heterocycles. The highest BCUT2D eigenvalue weighted by molar-refractivity contribution is 7.18. The van der Waals surface area contributed by atoms with Crippen molar-refractivity contribution in [3.63, 3.8) is 0 Å². The van der Waals surface area contributed by atoms with Gasteiger partial charge in [-0.25, -0.2) is 23.7 Å². The van der Waals surface area contributed by atoms with Gasteiger partial charge in [-0.1, -0.05) is 11.3 Å². The molecule has 1 saturated heterocycles. The molecule has 4 rings (SSSR count). The van der Waals surface area contributed by atoms with Gasteiger partial charge >= 0.3 is 0 Å². The summed E-state index contributed by atoms with van der Waals surface area (Å²) in [4.78, 5) is 32.0. The fraction of sp³-hybridized carbons (Fsp3) is 0.381. The number of thiazole rings is 1. The van der Waals surface area contributed by atoms with Gasteiger partial charge in [-0.3, -0.25) is 9.78 Å². The maximum Gasteiger partial charge on any atom is 0.252 e. The summed E-state index contributed by atoms with van der Waals surface area (Å²) in [6, 6.07) is 1.75. The maximum absolute atomic E-state index is 13.5. The molecule has 1 amide bonds. The van der Waals surface area contributed by atoms with Gasteiger partial charge in [0.25, 0.3) is 11.8 Å². The third-order valence-electron chi connectivity index (χ3n) is 5.30. The Morgan fingerprint density at radius 3 is 2.76 bits per heavy atom. The number of rotatable bonds is 7. The van der Waals surface area contributed by atoms with Crippen LogP contribution in [-0.2, 0) is 0 Å². The quantitative estimate of drug-likeness (QED) is 0.478. The molecule has 0 saturated carbocycles. The van der Waals surface area contributed by atoms with Crippen LogP contribution in [0.5, 0.6) is 0 Å². The predicted octanol–water partition coefficient (Wildman–Crippen LogP) is 2.97. The number of nitrogens with one attached hydrogen (secondary N) is 2. The molecule has 1 aliphatic rings. The average Bonchev–Trinajstić information content (AvgIpc) is 3.28. The Kier molecular flexibility index (Phi) is 6.75. The maximum atomic E-state index is 13.5. The number of halogens is 2. The molecule has 3 aromatic heterocycles. The number of pyridine rings is 1. The number of piperidine rings is 1. The smallest absolute Gasteiger partial charge is 0.252 e. The molecule has 0 radical (unpaired) electrons. The lowest BCUT2D eigenvalue weighted by atomic mass is 10.1. The second kappa shape index (κ2) is 9.71. The van der Waals surface area contributed by atoms with E-state index in [1.54, 1.807) is 18.5 Å². The number of carbonyl (C=O) groups excluding carboxylic acids is 1. The molecule has 3 aromatic rings. The minimum Gasteiger partial charge on any atom is -0.356 e. The van der Waals surface area contributed by atoms with Gasteiger partial charge in [-0.15, -0.1) is 0 Å². The highest BCUT2D eigenvalue weighted by atomic mass is 32.1. The summed E-state index contributed by atoms with van der Waals surface area (Å²) in [6.45, 7) is 3.09. The Balaban J connectivity index is 1.49. The number of nitrogens with zero attached hydrogens (tertiary/aromatic N) is 5. The van der Waals surface area contributed by atoms with Gasteiger partial charge in [0.15, 0.2) is 5.13 Å². The number of aromatic nitrogens is 4. The van der Waals surface area contributed by atoms with Crippen LogP contribution in [0.1, 0.15) is 28.8 Å². The SMILES string of the molecule is Cc1c(Nc2ncc(-c3cncc(C(=O)NCCN)c3)s2)ncnc1N1CCC(F)(F)CC1. The number of anilines is 3. The lowest BCUT2D eigenvalue weighted by molar-refractivity contribution is -0.0221. The monoisotopic (exact) mass is 474 g/mol.